The van der Waals surface area contributed by atoms with Crippen molar-refractivity contribution in [1.29, 1.82) is 0 Å². The van der Waals surface area contributed by atoms with Crippen LogP contribution in [0.4, 0.5) is 0 Å². The Bertz CT molecular complexity index is 114. The molecule has 1 aromatic rings. The zero-order valence-corrected chi connectivity index (χ0v) is 4.33. The summed E-state index contributed by atoms with van der Waals surface area (Å²) in [5, 5.41) is 1.97. The monoisotopic (exact) mass is 91.0 g/mol. The van der Waals surface area contributed by atoms with Crippen LogP contribution in [0.25, 0.3) is 0 Å². The first-order chi connectivity index (χ1) is 2.89. The van der Waals surface area contributed by atoms with E-state index in [2.05, 4.69) is 4.98 Å². The molecule has 0 aromatic carbocycles. The van der Waals surface area contributed by atoms with Gasteiger partial charge in [-0.2, -0.15) is 0 Å². The van der Waals surface area contributed by atoms with Crippen LogP contribution in [0, 0.1) is 0 Å². The first-order valence-electron chi connectivity index (χ1n) is 1.75. The summed E-state index contributed by atoms with van der Waals surface area (Å²) in [6.45, 7) is 0. The molecule has 0 spiro atoms. The van der Waals surface area contributed by atoms with Gasteiger partial charge in [-0.1, -0.05) is 0 Å². The Balaban J connectivity index is 3.05. The van der Waals surface area contributed by atoms with E-state index in [1.165, 1.54) is 0 Å². The first-order valence-corrected chi connectivity index (χ1v) is 2.63. The molecule has 0 saturated heterocycles. The van der Waals surface area contributed by atoms with E-state index < -0.39 is 0 Å². The Hall–Kier alpha value is 0.227. The van der Waals surface area contributed by atoms with Crippen LogP contribution in [0.1, 0.15) is 0 Å². The molecule has 3 heteroatoms. The number of thiazole rings is 1. The van der Waals surface area contributed by atoms with Crippen molar-refractivity contribution in [3.8, 4) is 0 Å². The van der Waals surface area contributed by atoms with Crippen LogP contribution in [0.15, 0.2) is 11.6 Å². The summed E-state index contributed by atoms with van der Waals surface area (Å²) in [6, 6.07) is 0. The molecule has 0 N–H and O–H groups in total. The molecule has 0 saturated carbocycles. The number of hydrogen-bond acceptors (Lipinski definition) is 2. The zero-order chi connectivity index (χ0) is 4.41. The summed E-state index contributed by atoms with van der Waals surface area (Å²) < 4.78 is 1.13. The molecule has 26 valence electrons. The Morgan fingerprint density at radius 2 is 2.67 bits per heavy atom. The maximum atomic E-state index is 3.94. The van der Waals surface area contributed by atoms with Gasteiger partial charge in [0.25, 0.3) is 0 Å². The molecule has 0 amide bonds. The predicted octanol–water partition coefficient (Wildman–Crippen LogP) is -0.0631. The molecule has 0 unspecified atom stereocenters. The van der Waals surface area contributed by atoms with Crippen molar-refractivity contribution >= 4 is 32.7 Å². The van der Waals surface area contributed by atoms with Crippen molar-refractivity contribution in [2.45, 2.75) is 0 Å². The van der Waals surface area contributed by atoms with Crippen LogP contribution in [-0.2, 0) is 0 Å². The van der Waals surface area contributed by atoms with Gasteiger partial charge in [-0.3, -0.25) is 0 Å². The van der Waals surface area contributed by atoms with Gasteiger partial charge in [0.05, 0.1) is 0 Å². The van der Waals surface area contributed by atoms with Crippen molar-refractivity contribution in [1.82, 2.24) is 4.98 Å². The second-order valence-electron chi connectivity index (χ2n) is 1.05. The molecule has 0 aliphatic carbocycles. The van der Waals surface area contributed by atoms with Crippen LogP contribution in [-0.4, -0.2) is 22.7 Å². The fourth-order valence-electron chi connectivity index (χ4n) is 0.295. The average Bonchev–Trinajstić information content (AvgIpc) is 1.86. The van der Waals surface area contributed by atoms with Crippen LogP contribution in [0.3, 0.4) is 0 Å². The maximum absolute atomic E-state index is 3.94. The second kappa shape index (κ2) is 1.79. The van der Waals surface area contributed by atoms with Crippen LogP contribution >= 0.6 is 11.3 Å². The summed E-state index contributed by atoms with van der Waals surface area (Å²) in [5.41, 5.74) is 0. The van der Waals surface area contributed by atoms with E-state index in [0.717, 1.165) is 3.68 Å². The Morgan fingerprint density at radius 3 is 2.83 bits per heavy atom. The van der Waals surface area contributed by atoms with E-state index in [1.807, 2.05) is 23.1 Å². The fourth-order valence-corrected chi connectivity index (χ4v) is 0.735. The van der Waals surface area contributed by atoms with Gasteiger partial charge in [-0.05, 0) is 0 Å². The van der Waals surface area contributed by atoms with Gasteiger partial charge < -0.3 is 0 Å². The molecule has 0 radical (unpaired) electrons. The van der Waals surface area contributed by atoms with Crippen molar-refractivity contribution in [2.24, 2.45) is 0 Å². The second-order valence-corrected chi connectivity index (χ2v) is 2.15. The summed E-state index contributed by atoms with van der Waals surface area (Å²) in [7, 11) is 0. The van der Waals surface area contributed by atoms with E-state index >= 15 is 0 Å². The van der Waals surface area contributed by atoms with Gasteiger partial charge in [0.15, 0.2) is 0 Å². The number of aromatic nitrogens is 1. The van der Waals surface area contributed by atoms with E-state index in [1.54, 1.807) is 17.5 Å². The molecule has 0 atom stereocenters. The van der Waals surface area contributed by atoms with Crippen molar-refractivity contribution in [3.63, 3.8) is 0 Å². The normalized spacial score (nSPS) is 9.00. The molecule has 1 rings (SSSR count). The summed E-state index contributed by atoms with van der Waals surface area (Å²) in [5.74, 6) is 0. The van der Waals surface area contributed by atoms with E-state index in [9.17, 15) is 0 Å². The van der Waals surface area contributed by atoms with Crippen LogP contribution < -0.4 is 3.68 Å². The zero-order valence-electron chi connectivity index (χ0n) is 3.51. The third-order valence-corrected chi connectivity index (χ3v) is 1.26. The van der Waals surface area contributed by atoms with Crippen molar-refractivity contribution in [2.75, 3.05) is 0 Å². The first kappa shape index (κ1) is 4.39. The topological polar surface area (TPSA) is 12.9 Å². The molecular weight excluding hydrogens is 89.0 g/mol. The molecule has 1 aromatic heterocycles. The van der Waals surface area contributed by atoms with Gasteiger partial charge in [-0.15, -0.1) is 0 Å². The van der Waals surface area contributed by atoms with Gasteiger partial charge in [0, 0.05) is 0 Å². The molecule has 1 nitrogen and oxygen atoms in total. The minimum absolute atomic E-state index is 1.13. The molecule has 0 aliphatic heterocycles. The summed E-state index contributed by atoms with van der Waals surface area (Å²) >= 11 is 3.66. The third-order valence-electron chi connectivity index (χ3n) is 0.556. The Kier molecular flexibility index (Phi) is 1.31. The van der Waals surface area contributed by atoms with Gasteiger partial charge in [-0.25, -0.2) is 0 Å². The molecular formula is C3H2LiNS. The van der Waals surface area contributed by atoms with E-state index in [0.29, 0.717) is 0 Å². The van der Waals surface area contributed by atoms with Crippen LogP contribution in [0.2, 0.25) is 0 Å². The Morgan fingerprint density at radius 1 is 1.83 bits per heavy atom. The van der Waals surface area contributed by atoms with Gasteiger partial charge in [0.2, 0.25) is 0 Å². The van der Waals surface area contributed by atoms with E-state index in [4.69, 9.17) is 0 Å². The Labute approximate surface area is 49.6 Å². The summed E-state index contributed by atoms with van der Waals surface area (Å²) in [6.07, 6.45) is 1.81. The summed E-state index contributed by atoms with van der Waals surface area (Å²) in [4.78, 5) is 3.94. The number of rotatable bonds is 0. The van der Waals surface area contributed by atoms with Gasteiger partial charge >= 0.3 is 49.3 Å². The average molecular weight is 91.1 g/mol. The van der Waals surface area contributed by atoms with E-state index in [-0.39, 0.29) is 0 Å². The number of hydrogen-bond donors (Lipinski definition) is 0. The third kappa shape index (κ3) is 0.843. The molecule has 0 fully saturated rings. The standard InChI is InChI=1S/C3H2NS.Li/c1-2-5-3-4-1;/h1-2H;. The minimum atomic E-state index is 1.13. The quantitative estimate of drug-likeness (QED) is 0.407. The van der Waals surface area contributed by atoms with Crippen LogP contribution in [0.5, 0.6) is 0 Å². The van der Waals surface area contributed by atoms with Crippen molar-refractivity contribution in [3.05, 3.63) is 11.6 Å². The SMILES string of the molecule is [Li][c]1nccs1. The number of nitrogens with zero attached hydrogens (tertiary/aromatic N) is 1. The molecule has 1 heterocycles. The predicted molar refractivity (Wildman–Crippen MR) is 27.5 cm³/mol. The fraction of sp³-hybridized carbons (Fsp3) is 0. The molecule has 0 bridgehead atoms. The molecule has 0 aliphatic rings. The molecule has 6 heavy (non-hydrogen) atoms. The van der Waals surface area contributed by atoms with Gasteiger partial charge in [0.1, 0.15) is 0 Å². The van der Waals surface area contributed by atoms with Crippen molar-refractivity contribution < 1.29 is 0 Å².